The van der Waals surface area contributed by atoms with Crippen molar-refractivity contribution < 1.29 is 23.9 Å². The maximum Gasteiger partial charge on any atom is 0.326 e. The molecule has 2 aromatic rings. The number of rotatable bonds is 5. The van der Waals surface area contributed by atoms with Gasteiger partial charge in [-0.25, -0.2) is 4.79 Å². The van der Waals surface area contributed by atoms with Gasteiger partial charge in [0.2, 0.25) is 0 Å². The summed E-state index contributed by atoms with van der Waals surface area (Å²) < 4.78 is 5.00. The molecular formula is C23H25N3O5. The molecule has 2 fully saturated rings. The molecule has 1 spiro atoms. The predicted octanol–water partition coefficient (Wildman–Crippen LogP) is 2.82. The van der Waals surface area contributed by atoms with Gasteiger partial charge in [-0.05, 0) is 41.7 Å². The Balaban J connectivity index is 1.31. The lowest BCUT2D eigenvalue weighted by atomic mass is 9.73. The molecule has 1 heterocycles. The summed E-state index contributed by atoms with van der Waals surface area (Å²) in [4.78, 5) is 50.5. The number of hydrogen-bond acceptors (Lipinski definition) is 5. The highest BCUT2D eigenvalue weighted by Gasteiger charge is 2.55. The van der Waals surface area contributed by atoms with E-state index in [9.17, 15) is 19.2 Å². The Morgan fingerprint density at radius 2 is 1.94 bits per heavy atom. The third-order valence-electron chi connectivity index (χ3n) is 6.19. The molecule has 0 aromatic heterocycles. The molecular weight excluding hydrogens is 398 g/mol. The molecule has 8 nitrogen and oxygen atoms in total. The zero-order valence-electron chi connectivity index (χ0n) is 17.3. The zero-order chi connectivity index (χ0) is 22.0. The molecule has 162 valence electrons. The van der Waals surface area contributed by atoms with Crippen LogP contribution >= 0.6 is 0 Å². The van der Waals surface area contributed by atoms with Crippen molar-refractivity contribution in [2.24, 2.45) is 5.92 Å². The number of urea groups is 1. The molecule has 8 heteroatoms. The van der Waals surface area contributed by atoms with E-state index in [-0.39, 0.29) is 11.8 Å². The monoisotopic (exact) mass is 423 g/mol. The number of anilines is 1. The van der Waals surface area contributed by atoms with Crippen LogP contribution in [0.2, 0.25) is 0 Å². The van der Waals surface area contributed by atoms with E-state index >= 15 is 0 Å². The minimum Gasteiger partial charge on any atom is -0.454 e. The Morgan fingerprint density at radius 3 is 2.71 bits per heavy atom. The number of amides is 4. The highest BCUT2D eigenvalue weighted by Crippen LogP contribution is 2.38. The van der Waals surface area contributed by atoms with Crippen molar-refractivity contribution in [3.63, 3.8) is 0 Å². The maximum absolute atomic E-state index is 12.9. The fraction of sp³-hybridized carbons (Fsp3) is 0.391. The van der Waals surface area contributed by atoms with Crippen LogP contribution in [0.5, 0.6) is 0 Å². The SMILES string of the molecule is C[C@H]1CCCC[C@@]12NC(=O)N(CC(=O)OCC(=O)Nc1ccc3ccccc3c1)C2=O. The summed E-state index contributed by atoms with van der Waals surface area (Å²) in [5.41, 5.74) is -0.342. The van der Waals surface area contributed by atoms with Gasteiger partial charge in [0.25, 0.3) is 11.8 Å². The molecule has 2 aliphatic rings. The largest absolute Gasteiger partial charge is 0.454 e. The van der Waals surface area contributed by atoms with Gasteiger partial charge in [0.1, 0.15) is 12.1 Å². The first-order chi connectivity index (χ1) is 14.9. The molecule has 0 unspecified atom stereocenters. The lowest BCUT2D eigenvalue weighted by molar-refractivity contribution is -0.150. The second-order valence-electron chi connectivity index (χ2n) is 8.21. The Bertz CT molecular complexity index is 1050. The van der Waals surface area contributed by atoms with Crippen LogP contribution < -0.4 is 10.6 Å². The van der Waals surface area contributed by atoms with E-state index in [1.807, 2.05) is 43.3 Å². The van der Waals surface area contributed by atoms with Crippen molar-refractivity contribution in [3.8, 4) is 0 Å². The fourth-order valence-corrected chi connectivity index (χ4v) is 4.42. The first-order valence-electron chi connectivity index (χ1n) is 10.5. The summed E-state index contributed by atoms with van der Waals surface area (Å²) in [5, 5.41) is 7.48. The van der Waals surface area contributed by atoms with Gasteiger partial charge in [-0.3, -0.25) is 19.3 Å². The second kappa shape index (κ2) is 8.37. The third-order valence-corrected chi connectivity index (χ3v) is 6.19. The van der Waals surface area contributed by atoms with Crippen molar-refractivity contribution in [3.05, 3.63) is 42.5 Å². The lowest BCUT2D eigenvalue weighted by Gasteiger charge is -2.36. The van der Waals surface area contributed by atoms with Crippen LogP contribution in [-0.4, -0.2) is 47.4 Å². The summed E-state index contributed by atoms with van der Waals surface area (Å²) in [6, 6.07) is 12.6. The lowest BCUT2D eigenvalue weighted by Crippen LogP contribution is -2.54. The molecule has 1 saturated heterocycles. The van der Waals surface area contributed by atoms with E-state index in [1.165, 1.54) is 0 Å². The quantitative estimate of drug-likeness (QED) is 0.568. The van der Waals surface area contributed by atoms with Crippen LogP contribution in [0.4, 0.5) is 10.5 Å². The molecule has 4 amide bonds. The van der Waals surface area contributed by atoms with Crippen molar-refractivity contribution in [2.75, 3.05) is 18.5 Å². The van der Waals surface area contributed by atoms with Gasteiger partial charge in [-0.2, -0.15) is 0 Å². The smallest absolute Gasteiger partial charge is 0.326 e. The van der Waals surface area contributed by atoms with E-state index < -0.39 is 36.6 Å². The van der Waals surface area contributed by atoms with Crippen LogP contribution in [0.15, 0.2) is 42.5 Å². The van der Waals surface area contributed by atoms with E-state index in [1.54, 1.807) is 6.07 Å². The van der Waals surface area contributed by atoms with Gasteiger partial charge in [0, 0.05) is 5.69 Å². The number of benzene rings is 2. The zero-order valence-corrected chi connectivity index (χ0v) is 17.3. The molecule has 2 N–H and O–H groups in total. The highest BCUT2D eigenvalue weighted by atomic mass is 16.5. The summed E-state index contributed by atoms with van der Waals surface area (Å²) >= 11 is 0. The summed E-state index contributed by atoms with van der Waals surface area (Å²) in [6.07, 6.45) is 3.28. The Labute approximate surface area is 179 Å². The molecule has 0 radical (unpaired) electrons. The van der Waals surface area contributed by atoms with Crippen molar-refractivity contribution in [1.29, 1.82) is 0 Å². The third kappa shape index (κ3) is 4.10. The average molecular weight is 423 g/mol. The number of carbonyl (C=O) groups is 4. The van der Waals surface area contributed by atoms with E-state index in [0.29, 0.717) is 12.1 Å². The van der Waals surface area contributed by atoms with Crippen LogP contribution in [0.25, 0.3) is 10.8 Å². The Morgan fingerprint density at radius 1 is 1.16 bits per heavy atom. The average Bonchev–Trinajstić information content (AvgIpc) is 2.99. The number of fused-ring (bicyclic) bond motifs is 1. The summed E-state index contributed by atoms with van der Waals surface area (Å²) in [6.45, 7) is 0.926. The molecule has 4 rings (SSSR count). The Hall–Kier alpha value is -3.42. The summed E-state index contributed by atoms with van der Waals surface area (Å²) in [7, 11) is 0. The van der Waals surface area contributed by atoms with Crippen LogP contribution in [0.3, 0.4) is 0 Å². The molecule has 1 saturated carbocycles. The van der Waals surface area contributed by atoms with Gasteiger partial charge >= 0.3 is 12.0 Å². The Kier molecular flexibility index (Phi) is 5.63. The van der Waals surface area contributed by atoms with Crippen molar-refractivity contribution >= 4 is 40.3 Å². The molecule has 2 atom stereocenters. The standard InChI is InChI=1S/C23H25N3O5/c1-15-6-4-5-11-23(15)21(29)26(22(30)25-23)13-20(28)31-14-19(27)24-18-10-9-16-7-2-3-8-17(16)12-18/h2-3,7-10,12,15H,4-6,11,13-14H2,1H3,(H,24,27)(H,25,30)/t15-,23+/m0/s1. The number of esters is 1. The second-order valence-corrected chi connectivity index (χ2v) is 8.21. The van der Waals surface area contributed by atoms with Crippen molar-refractivity contribution in [2.45, 2.75) is 38.1 Å². The van der Waals surface area contributed by atoms with E-state index in [4.69, 9.17) is 4.74 Å². The van der Waals surface area contributed by atoms with Gasteiger partial charge in [-0.15, -0.1) is 0 Å². The van der Waals surface area contributed by atoms with Gasteiger partial charge in [0.05, 0.1) is 0 Å². The van der Waals surface area contributed by atoms with Gasteiger partial charge < -0.3 is 15.4 Å². The van der Waals surface area contributed by atoms with Gasteiger partial charge in [-0.1, -0.05) is 50.1 Å². The van der Waals surface area contributed by atoms with E-state index in [0.717, 1.165) is 34.9 Å². The molecule has 1 aliphatic carbocycles. The molecule has 0 bridgehead atoms. The summed E-state index contributed by atoms with van der Waals surface area (Å²) in [5.74, 6) is -1.69. The van der Waals surface area contributed by atoms with E-state index in [2.05, 4.69) is 10.6 Å². The number of imide groups is 1. The molecule has 31 heavy (non-hydrogen) atoms. The number of carbonyl (C=O) groups excluding carboxylic acids is 4. The van der Waals surface area contributed by atoms with Crippen LogP contribution in [0.1, 0.15) is 32.6 Å². The minimum atomic E-state index is -0.928. The predicted molar refractivity (Wildman–Crippen MR) is 114 cm³/mol. The maximum atomic E-state index is 12.9. The van der Waals surface area contributed by atoms with Crippen LogP contribution in [-0.2, 0) is 19.1 Å². The number of nitrogens with one attached hydrogen (secondary N) is 2. The van der Waals surface area contributed by atoms with Crippen LogP contribution in [0, 0.1) is 5.92 Å². The fourth-order valence-electron chi connectivity index (χ4n) is 4.42. The number of ether oxygens (including phenoxy) is 1. The van der Waals surface area contributed by atoms with Gasteiger partial charge in [0.15, 0.2) is 6.61 Å². The minimum absolute atomic E-state index is 0.00597. The molecule has 1 aliphatic heterocycles. The molecule has 2 aromatic carbocycles. The number of hydrogen-bond donors (Lipinski definition) is 2. The normalized spacial score (nSPS) is 23.1. The first-order valence-corrected chi connectivity index (χ1v) is 10.5. The number of nitrogens with zero attached hydrogens (tertiary/aromatic N) is 1. The first kappa shape index (κ1) is 20.8. The van der Waals surface area contributed by atoms with Crippen molar-refractivity contribution in [1.82, 2.24) is 10.2 Å². The topological polar surface area (TPSA) is 105 Å². The highest BCUT2D eigenvalue weighted by molar-refractivity contribution is 6.09.